The van der Waals surface area contributed by atoms with Crippen molar-refractivity contribution in [3.05, 3.63) is 77.9 Å². The number of ether oxygens (including phenoxy) is 2. The second-order valence-corrected chi connectivity index (χ2v) is 11.2. The van der Waals surface area contributed by atoms with Crippen LogP contribution in [0.3, 0.4) is 0 Å². The van der Waals surface area contributed by atoms with Crippen LogP contribution in [0.1, 0.15) is 74.7 Å². The van der Waals surface area contributed by atoms with E-state index in [1.54, 1.807) is 36.4 Å². The Morgan fingerprint density at radius 2 is 1.44 bits per heavy atom. The first-order chi connectivity index (χ1) is 20.9. The number of hydrogen-bond acceptors (Lipinski definition) is 5. The van der Waals surface area contributed by atoms with Gasteiger partial charge in [0.25, 0.3) is 5.91 Å². The molecule has 0 aliphatic carbocycles. The van der Waals surface area contributed by atoms with Crippen LogP contribution in [-0.4, -0.2) is 49.1 Å². The summed E-state index contributed by atoms with van der Waals surface area (Å²) in [4.78, 5) is 27.5. The Kier molecular flexibility index (Phi) is 12.3. The second-order valence-electron chi connectivity index (χ2n) is 11.2. The van der Waals surface area contributed by atoms with Gasteiger partial charge in [-0.3, -0.25) is 4.79 Å². The molecule has 43 heavy (non-hydrogen) atoms. The molecule has 8 nitrogen and oxygen atoms in total. The lowest BCUT2D eigenvalue weighted by atomic mass is 10.1. The predicted octanol–water partition coefficient (Wildman–Crippen LogP) is 7.99. The van der Waals surface area contributed by atoms with Gasteiger partial charge in [0.2, 0.25) is 0 Å². The Hall–Kier alpha value is -4.04. The summed E-state index contributed by atoms with van der Waals surface area (Å²) in [5.41, 5.74) is 2.91. The van der Waals surface area contributed by atoms with E-state index in [0.717, 1.165) is 56.5 Å². The molecule has 0 aromatic heterocycles. The van der Waals surface area contributed by atoms with Crippen molar-refractivity contribution in [1.82, 2.24) is 10.2 Å². The first kappa shape index (κ1) is 31.9. The maximum atomic E-state index is 12.9. The number of urea groups is 1. The highest BCUT2D eigenvalue weighted by molar-refractivity contribution is 6.04. The summed E-state index contributed by atoms with van der Waals surface area (Å²) in [7, 11) is 0. The summed E-state index contributed by atoms with van der Waals surface area (Å²) in [6.45, 7) is 10.4. The number of nitrogens with one attached hydrogen (secondary N) is 3. The molecular formula is C35H46N4O4. The zero-order chi connectivity index (χ0) is 30.4. The molecule has 1 saturated heterocycles. The molecule has 1 fully saturated rings. The van der Waals surface area contributed by atoms with Gasteiger partial charge < -0.3 is 30.3 Å². The molecule has 0 bridgehead atoms. The Morgan fingerprint density at radius 3 is 2.05 bits per heavy atom. The number of hydrogen-bond donors (Lipinski definition) is 3. The molecule has 0 spiro atoms. The lowest BCUT2D eigenvalue weighted by Crippen LogP contribution is -2.38. The fraction of sp³-hybridized carbons (Fsp3) is 0.429. The standard InChI is InChI=1S/C35H46N4O4/c1-4-6-8-21-36-35(41)38-29-12-16-31(17-13-29)42-30-14-10-28(11-15-30)37-34(40)27-9-18-33(26(3)25-27)43-32-19-23-39(24-20-32)22-7-5-2/h9-18,25,32H,4-8,19-24H2,1-3H3,(H,37,40)(H2,36,38,41). The number of piperidine rings is 1. The highest BCUT2D eigenvalue weighted by Gasteiger charge is 2.21. The van der Waals surface area contributed by atoms with Crippen LogP contribution in [0, 0.1) is 6.92 Å². The van der Waals surface area contributed by atoms with Gasteiger partial charge in [-0.05, 0) is 111 Å². The van der Waals surface area contributed by atoms with Crippen molar-refractivity contribution < 1.29 is 19.1 Å². The van der Waals surface area contributed by atoms with Gasteiger partial charge in [0.15, 0.2) is 0 Å². The van der Waals surface area contributed by atoms with Crippen LogP contribution in [0.25, 0.3) is 0 Å². The van der Waals surface area contributed by atoms with Gasteiger partial charge in [0.05, 0.1) is 0 Å². The number of rotatable bonds is 14. The van der Waals surface area contributed by atoms with Crippen molar-refractivity contribution in [2.24, 2.45) is 0 Å². The Balaban J connectivity index is 1.23. The van der Waals surface area contributed by atoms with Crippen molar-refractivity contribution in [1.29, 1.82) is 0 Å². The lowest BCUT2D eigenvalue weighted by Gasteiger charge is -2.32. The molecule has 0 radical (unpaired) electrons. The number of benzene rings is 3. The average molecular weight is 587 g/mol. The first-order valence-corrected chi connectivity index (χ1v) is 15.7. The van der Waals surface area contributed by atoms with Crippen molar-refractivity contribution in [3.8, 4) is 17.2 Å². The minimum absolute atomic E-state index is 0.176. The Morgan fingerprint density at radius 1 is 0.814 bits per heavy atom. The molecule has 0 atom stereocenters. The minimum Gasteiger partial charge on any atom is -0.490 e. The van der Waals surface area contributed by atoms with Crippen LogP contribution in [0.5, 0.6) is 17.2 Å². The molecule has 4 rings (SSSR count). The van der Waals surface area contributed by atoms with Crippen molar-refractivity contribution in [3.63, 3.8) is 0 Å². The molecule has 3 amide bonds. The maximum Gasteiger partial charge on any atom is 0.319 e. The summed E-state index contributed by atoms with van der Waals surface area (Å²) >= 11 is 0. The van der Waals surface area contributed by atoms with Crippen molar-refractivity contribution in [2.45, 2.75) is 71.8 Å². The first-order valence-electron chi connectivity index (χ1n) is 15.7. The molecule has 1 aliphatic heterocycles. The van der Waals surface area contributed by atoms with Gasteiger partial charge in [-0.15, -0.1) is 0 Å². The van der Waals surface area contributed by atoms with E-state index in [4.69, 9.17) is 9.47 Å². The van der Waals surface area contributed by atoms with Crippen LogP contribution in [-0.2, 0) is 0 Å². The van der Waals surface area contributed by atoms with Crippen molar-refractivity contribution >= 4 is 23.3 Å². The molecule has 0 unspecified atom stereocenters. The Bertz CT molecular complexity index is 1300. The summed E-state index contributed by atoms with van der Waals surface area (Å²) < 4.78 is 12.2. The van der Waals surface area contributed by atoms with Crippen LogP contribution in [0.15, 0.2) is 66.7 Å². The molecule has 3 aromatic rings. The largest absolute Gasteiger partial charge is 0.490 e. The lowest BCUT2D eigenvalue weighted by molar-refractivity contribution is 0.0991. The van der Waals surface area contributed by atoms with E-state index in [-0.39, 0.29) is 18.0 Å². The topological polar surface area (TPSA) is 91.9 Å². The fourth-order valence-corrected chi connectivity index (χ4v) is 5.04. The number of nitrogens with zero attached hydrogens (tertiary/aromatic N) is 1. The SMILES string of the molecule is CCCCCNC(=O)Nc1ccc(Oc2ccc(NC(=O)c3ccc(OC4CCN(CCCC)CC4)c(C)c3)cc2)cc1. The molecular weight excluding hydrogens is 540 g/mol. The third-order valence-corrected chi connectivity index (χ3v) is 7.62. The number of anilines is 2. The zero-order valence-electron chi connectivity index (χ0n) is 25.8. The zero-order valence-corrected chi connectivity index (χ0v) is 25.8. The number of aryl methyl sites for hydroxylation is 1. The highest BCUT2D eigenvalue weighted by atomic mass is 16.5. The summed E-state index contributed by atoms with van der Waals surface area (Å²) in [5.74, 6) is 1.95. The Labute approximate surface area is 256 Å². The molecule has 230 valence electrons. The third kappa shape index (κ3) is 10.3. The van der Waals surface area contributed by atoms with E-state index < -0.39 is 0 Å². The smallest absolute Gasteiger partial charge is 0.319 e. The van der Waals surface area contributed by atoms with E-state index in [1.165, 1.54) is 19.4 Å². The normalized spacial score (nSPS) is 13.7. The summed E-state index contributed by atoms with van der Waals surface area (Å²) in [6.07, 6.45) is 7.95. The molecule has 1 aliphatic rings. The number of carbonyl (C=O) groups is 2. The summed E-state index contributed by atoms with van der Waals surface area (Å²) in [5, 5.41) is 8.64. The van der Waals surface area contributed by atoms with E-state index in [9.17, 15) is 9.59 Å². The predicted molar refractivity (Wildman–Crippen MR) is 174 cm³/mol. The number of unbranched alkanes of at least 4 members (excludes halogenated alkanes) is 3. The highest BCUT2D eigenvalue weighted by Crippen LogP contribution is 2.26. The fourth-order valence-electron chi connectivity index (χ4n) is 5.04. The van der Waals surface area contributed by atoms with E-state index in [2.05, 4.69) is 34.7 Å². The molecule has 3 N–H and O–H groups in total. The van der Waals surface area contributed by atoms with Gasteiger partial charge in [0.1, 0.15) is 23.4 Å². The van der Waals surface area contributed by atoms with E-state index in [0.29, 0.717) is 35.0 Å². The van der Waals surface area contributed by atoms with Crippen LogP contribution >= 0.6 is 0 Å². The maximum absolute atomic E-state index is 12.9. The molecule has 1 heterocycles. The minimum atomic E-state index is -0.212. The third-order valence-electron chi connectivity index (χ3n) is 7.62. The van der Waals surface area contributed by atoms with Gasteiger partial charge in [0, 0.05) is 36.6 Å². The van der Waals surface area contributed by atoms with Crippen molar-refractivity contribution in [2.75, 3.05) is 36.8 Å². The van der Waals surface area contributed by atoms with E-state index >= 15 is 0 Å². The monoisotopic (exact) mass is 586 g/mol. The molecule has 3 aromatic carbocycles. The second kappa shape index (κ2) is 16.6. The number of carbonyl (C=O) groups excluding carboxylic acids is 2. The van der Waals surface area contributed by atoms with Crippen LogP contribution in [0.4, 0.5) is 16.2 Å². The quantitative estimate of drug-likeness (QED) is 0.167. The van der Waals surface area contributed by atoms with Crippen LogP contribution in [0.2, 0.25) is 0 Å². The molecule has 0 saturated carbocycles. The van der Waals surface area contributed by atoms with Gasteiger partial charge in [-0.1, -0.05) is 33.1 Å². The van der Waals surface area contributed by atoms with Crippen LogP contribution < -0.4 is 25.4 Å². The van der Waals surface area contributed by atoms with E-state index in [1.807, 2.05) is 37.3 Å². The number of likely N-dealkylation sites (tertiary alicyclic amines) is 1. The van der Waals surface area contributed by atoms with Gasteiger partial charge in [-0.2, -0.15) is 0 Å². The molecule has 8 heteroatoms. The number of amides is 3. The van der Waals surface area contributed by atoms with Gasteiger partial charge >= 0.3 is 6.03 Å². The average Bonchev–Trinajstić information content (AvgIpc) is 3.02. The summed E-state index contributed by atoms with van der Waals surface area (Å²) in [6, 6.07) is 19.8. The van der Waals surface area contributed by atoms with Gasteiger partial charge in [-0.25, -0.2) is 4.79 Å².